The van der Waals surface area contributed by atoms with Gasteiger partial charge >= 0.3 is 6.03 Å². The summed E-state index contributed by atoms with van der Waals surface area (Å²) in [4.78, 5) is 25.0. The van der Waals surface area contributed by atoms with E-state index in [1.165, 1.54) is 35.5 Å². The van der Waals surface area contributed by atoms with Gasteiger partial charge in [0.2, 0.25) is 0 Å². The number of methoxy groups -OCH3 is 1. The Hall–Kier alpha value is -2.32. The standard InChI is InChI=1S/C14H14ClN3O4S/c1-17(8-10-4-6-13(15)23-10)14(19)16-11-5-3-9(22-2)7-12(11)18(20)21/h3-7H,8H2,1-2H3,(H,16,19). The summed E-state index contributed by atoms with van der Waals surface area (Å²) in [6.45, 7) is 0.354. The van der Waals surface area contributed by atoms with Gasteiger partial charge in [-0.25, -0.2) is 4.79 Å². The fourth-order valence-electron chi connectivity index (χ4n) is 1.85. The molecule has 2 amide bonds. The van der Waals surface area contributed by atoms with E-state index in [9.17, 15) is 14.9 Å². The molecule has 122 valence electrons. The number of ether oxygens (including phenoxy) is 1. The Balaban J connectivity index is 2.11. The third kappa shape index (κ3) is 4.33. The van der Waals surface area contributed by atoms with Gasteiger partial charge in [0.25, 0.3) is 5.69 Å². The molecule has 0 saturated heterocycles. The molecule has 7 nitrogen and oxygen atoms in total. The normalized spacial score (nSPS) is 10.2. The molecule has 1 N–H and O–H groups in total. The molecule has 1 heterocycles. The molecule has 0 aliphatic heterocycles. The van der Waals surface area contributed by atoms with E-state index in [1.54, 1.807) is 19.2 Å². The summed E-state index contributed by atoms with van der Waals surface area (Å²) in [5, 5.41) is 13.6. The van der Waals surface area contributed by atoms with Crippen molar-refractivity contribution < 1.29 is 14.5 Å². The molecule has 9 heteroatoms. The number of nitro groups is 1. The zero-order valence-corrected chi connectivity index (χ0v) is 14.0. The lowest BCUT2D eigenvalue weighted by Gasteiger charge is -2.17. The van der Waals surface area contributed by atoms with Crippen LogP contribution in [0.15, 0.2) is 30.3 Å². The molecular formula is C14H14ClN3O4S. The molecule has 0 unspecified atom stereocenters. The highest BCUT2D eigenvalue weighted by Crippen LogP contribution is 2.29. The number of benzene rings is 1. The van der Waals surface area contributed by atoms with Crippen LogP contribution < -0.4 is 10.1 Å². The maximum Gasteiger partial charge on any atom is 0.322 e. The second kappa shape index (κ2) is 7.30. The first-order valence-corrected chi connectivity index (χ1v) is 7.69. The molecule has 0 fully saturated rings. The average molecular weight is 356 g/mol. The molecule has 2 rings (SSSR count). The number of nitrogens with zero attached hydrogens (tertiary/aromatic N) is 2. The number of hydrogen-bond acceptors (Lipinski definition) is 5. The predicted octanol–water partition coefficient (Wildman–Crippen LogP) is 3.98. The summed E-state index contributed by atoms with van der Waals surface area (Å²) in [7, 11) is 3.01. The number of hydrogen-bond donors (Lipinski definition) is 1. The van der Waals surface area contributed by atoms with Gasteiger partial charge in [-0.3, -0.25) is 10.1 Å². The van der Waals surface area contributed by atoms with Gasteiger partial charge < -0.3 is 15.0 Å². The molecule has 0 saturated carbocycles. The average Bonchev–Trinajstić information content (AvgIpc) is 2.92. The first kappa shape index (κ1) is 17.0. The molecule has 23 heavy (non-hydrogen) atoms. The van der Waals surface area contributed by atoms with Gasteiger partial charge in [-0.1, -0.05) is 11.6 Å². The number of thiophene rings is 1. The summed E-state index contributed by atoms with van der Waals surface area (Å²) >= 11 is 7.22. The van der Waals surface area contributed by atoms with Crippen molar-refractivity contribution in [2.75, 3.05) is 19.5 Å². The van der Waals surface area contributed by atoms with Gasteiger partial charge in [-0.15, -0.1) is 11.3 Å². The topological polar surface area (TPSA) is 84.7 Å². The zero-order chi connectivity index (χ0) is 17.0. The van der Waals surface area contributed by atoms with E-state index in [2.05, 4.69) is 5.32 Å². The molecule has 0 radical (unpaired) electrons. The molecular weight excluding hydrogens is 342 g/mol. The highest BCUT2D eigenvalue weighted by molar-refractivity contribution is 7.16. The number of nitro benzene ring substituents is 1. The number of halogens is 1. The highest BCUT2D eigenvalue weighted by atomic mass is 35.5. The SMILES string of the molecule is COc1ccc(NC(=O)N(C)Cc2ccc(Cl)s2)c([N+](=O)[O-])c1. The van der Waals surface area contributed by atoms with E-state index in [-0.39, 0.29) is 11.4 Å². The van der Waals surface area contributed by atoms with E-state index in [4.69, 9.17) is 16.3 Å². The van der Waals surface area contributed by atoms with Crippen LogP contribution in [-0.2, 0) is 6.54 Å². The second-order valence-corrected chi connectivity index (χ2v) is 6.43. The Kier molecular flexibility index (Phi) is 5.41. The summed E-state index contributed by atoms with van der Waals surface area (Å²) < 4.78 is 5.59. The van der Waals surface area contributed by atoms with Crippen molar-refractivity contribution >= 4 is 40.3 Å². The Labute approximate surface area is 141 Å². The summed E-state index contributed by atoms with van der Waals surface area (Å²) in [6.07, 6.45) is 0. The Morgan fingerprint density at radius 2 is 2.17 bits per heavy atom. The lowest BCUT2D eigenvalue weighted by atomic mass is 10.2. The number of urea groups is 1. The molecule has 1 aromatic heterocycles. The van der Waals surface area contributed by atoms with Crippen molar-refractivity contribution in [2.45, 2.75) is 6.54 Å². The fourth-order valence-corrected chi connectivity index (χ4v) is 2.99. The van der Waals surface area contributed by atoms with Crippen LogP contribution in [0.5, 0.6) is 5.75 Å². The number of amides is 2. The molecule has 2 aromatic rings. The Morgan fingerprint density at radius 3 is 2.74 bits per heavy atom. The maximum absolute atomic E-state index is 12.2. The van der Waals surface area contributed by atoms with Crippen LogP contribution in [0.25, 0.3) is 0 Å². The molecule has 0 spiro atoms. The van der Waals surface area contributed by atoms with E-state index >= 15 is 0 Å². The van der Waals surface area contributed by atoms with Crippen LogP contribution >= 0.6 is 22.9 Å². The second-order valence-electron chi connectivity index (χ2n) is 4.63. The van der Waals surface area contributed by atoms with E-state index in [0.29, 0.717) is 16.6 Å². The third-order valence-electron chi connectivity index (χ3n) is 3.01. The molecule has 0 aliphatic carbocycles. The van der Waals surface area contributed by atoms with Gasteiger partial charge in [-0.05, 0) is 24.3 Å². The van der Waals surface area contributed by atoms with Gasteiger partial charge in [0.05, 0.1) is 29.0 Å². The maximum atomic E-state index is 12.2. The predicted molar refractivity (Wildman–Crippen MR) is 89.5 cm³/mol. The van der Waals surface area contributed by atoms with Gasteiger partial charge in [0, 0.05) is 11.9 Å². The lowest BCUT2D eigenvalue weighted by Crippen LogP contribution is -2.30. The lowest BCUT2D eigenvalue weighted by molar-refractivity contribution is -0.384. The number of anilines is 1. The van der Waals surface area contributed by atoms with Gasteiger partial charge in [-0.2, -0.15) is 0 Å². The smallest absolute Gasteiger partial charge is 0.322 e. The van der Waals surface area contributed by atoms with Crippen LogP contribution in [-0.4, -0.2) is 30.0 Å². The van der Waals surface area contributed by atoms with Gasteiger partial charge in [0.15, 0.2) is 0 Å². The number of carbonyl (C=O) groups excluding carboxylic acids is 1. The molecule has 0 atom stereocenters. The number of nitrogens with one attached hydrogen (secondary N) is 1. The summed E-state index contributed by atoms with van der Waals surface area (Å²) in [5.41, 5.74) is -0.123. The Morgan fingerprint density at radius 1 is 1.43 bits per heavy atom. The fraction of sp³-hybridized carbons (Fsp3) is 0.214. The first-order valence-electron chi connectivity index (χ1n) is 6.49. The zero-order valence-electron chi connectivity index (χ0n) is 12.4. The van der Waals surface area contributed by atoms with E-state index in [0.717, 1.165) is 4.88 Å². The minimum Gasteiger partial charge on any atom is -0.496 e. The van der Waals surface area contributed by atoms with Crippen LogP contribution in [0.2, 0.25) is 4.34 Å². The van der Waals surface area contributed by atoms with Crippen LogP contribution in [0, 0.1) is 10.1 Å². The minimum atomic E-state index is -0.572. The van der Waals surface area contributed by atoms with E-state index < -0.39 is 11.0 Å². The van der Waals surface area contributed by atoms with Crippen molar-refractivity contribution in [3.05, 3.63) is 49.7 Å². The van der Waals surface area contributed by atoms with Crippen molar-refractivity contribution in [3.63, 3.8) is 0 Å². The van der Waals surface area contributed by atoms with Crippen molar-refractivity contribution in [1.82, 2.24) is 4.90 Å². The number of rotatable bonds is 5. The largest absolute Gasteiger partial charge is 0.496 e. The summed E-state index contributed by atoms with van der Waals surface area (Å²) in [5.74, 6) is 0.344. The molecule has 0 aliphatic rings. The summed E-state index contributed by atoms with van der Waals surface area (Å²) in [6, 6.07) is 7.36. The molecule has 1 aromatic carbocycles. The van der Waals surface area contributed by atoms with Crippen LogP contribution in [0.3, 0.4) is 0 Å². The molecule has 0 bridgehead atoms. The highest BCUT2D eigenvalue weighted by Gasteiger charge is 2.19. The minimum absolute atomic E-state index is 0.108. The van der Waals surface area contributed by atoms with Crippen molar-refractivity contribution in [1.29, 1.82) is 0 Å². The van der Waals surface area contributed by atoms with Crippen LogP contribution in [0.1, 0.15) is 4.88 Å². The van der Waals surface area contributed by atoms with Crippen LogP contribution in [0.4, 0.5) is 16.2 Å². The quantitative estimate of drug-likeness (QED) is 0.649. The van der Waals surface area contributed by atoms with Crippen molar-refractivity contribution in [3.8, 4) is 5.75 Å². The van der Waals surface area contributed by atoms with Gasteiger partial charge in [0.1, 0.15) is 11.4 Å². The number of carbonyl (C=O) groups is 1. The van der Waals surface area contributed by atoms with Crippen molar-refractivity contribution in [2.24, 2.45) is 0 Å². The Bertz CT molecular complexity index is 735. The van der Waals surface area contributed by atoms with E-state index in [1.807, 2.05) is 6.07 Å². The third-order valence-corrected chi connectivity index (χ3v) is 4.23. The first-order chi connectivity index (χ1) is 10.9. The monoisotopic (exact) mass is 355 g/mol.